The second-order valence-corrected chi connectivity index (χ2v) is 10.3. The summed E-state index contributed by atoms with van der Waals surface area (Å²) < 4.78 is 26.3. The number of benzene rings is 1. The summed E-state index contributed by atoms with van der Waals surface area (Å²) in [5, 5.41) is 0. The third kappa shape index (κ3) is 3.39. The van der Waals surface area contributed by atoms with Gasteiger partial charge in [0.1, 0.15) is 11.6 Å². The van der Waals surface area contributed by atoms with E-state index in [1.165, 1.54) is 12.1 Å². The molecule has 0 saturated heterocycles. The molecule has 1 N–H and O–H groups in total. The van der Waals surface area contributed by atoms with Crippen LogP contribution in [0.5, 0.6) is 0 Å². The van der Waals surface area contributed by atoms with Gasteiger partial charge in [-0.25, -0.2) is 8.78 Å². The van der Waals surface area contributed by atoms with Gasteiger partial charge in [-0.2, -0.15) is 0 Å². The van der Waals surface area contributed by atoms with Crippen LogP contribution in [-0.4, -0.2) is 13.1 Å². The van der Waals surface area contributed by atoms with E-state index in [1.807, 2.05) is 27.7 Å². The molecule has 0 heterocycles. The van der Waals surface area contributed by atoms with E-state index in [2.05, 4.69) is 0 Å². The molecule has 0 aliphatic heterocycles. The lowest BCUT2D eigenvalue weighted by Crippen LogP contribution is -2.41. The van der Waals surface area contributed by atoms with Crippen molar-refractivity contribution in [2.75, 3.05) is 0 Å². The Kier molecular flexibility index (Phi) is 5.05. The first-order chi connectivity index (χ1) is 8.27. The Morgan fingerprint density at radius 2 is 1.67 bits per heavy atom. The summed E-state index contributed by atoms with van der Waals surface area (Å²) in [5.74, 6) is -1.07. The van der Waals surface area contributed by atoms with Crippen LogP contribution in [0, 0.1) is 11.6 Å². The van der Waals surface area contributed by atoms with Gasteiger partial charge in [-0.05, 0) is 35.2 Å². The van der Waals surface area contributed by atoms with E-state index in [-0.39, 0.29) is 11.1 Å². The van der Waals surface area contributed by atoms with Gasteiger partial charge in [0.05, 0.1) is 0 Å². The average molecular weight is 272 g/mol. The van der Waals surface area contributed by atoms with Crippen molar-refractivity contribution in [1.29, 1.82) is 0 Å². The highest BCUT2D eigenvalue weighted by Crippen LogP contribution is 2.34. The lowest BCUT2D eigenvalue weighted by atomic mass is 10.1. The number of hydrogen-bond acceptors (Lipinski definition) is 1. The summed E-state index contributed by atoms with van der Waals surface area (Å²) in [5.41, 5.74) is 0.964. The Hall–Kier alpha value is -0.743. The van der Waals surface area contributed by atoms with Gasteiger partial charge in [-0.3, -0.25) is 0 Å². The molecule has 18 heavy (non-hydrogen) atoms. The molecular formula is C14H22F2OSi. The zero-order valence-corrected chi connectivity index (χ0v) is 12.5. The van der Waals surface area contributed by atoms with Gasteiger partial charge in [0.25, 0.3) is 0 Å². The molecule has 0 radical (unpaired) electrons. The summed E-state index contributed by atoms with van der Waals surface area (Å²) in [4.78, 5) is 10.7. The van der Waals surface area contributed by atoms with Gasteiger partial charge in [0.2, 0.25) is 0 Å². The zero-order valence-electron chi connectivity index (χ0n) is 11.5. The monoisotopic (exact) mass is 272 g/mol. The second kappa shape index (κ2) is 5.93. The van der Waals surface area contributed by atoms with Crippen LogP contribution in [0.4, 0.5) is 8.78 Å². The molecule has 1 rings (SSSR count). The van der Waals surface area contributed by atoms with Crippen molar-refractivity contribution >= 4 is 8.32 Å². The molecule has 0 bridgehead atoms. The van der Waals surface area contributed by atoms with Crippen LogP contribution in [0.3, 0.4) is 0 Å². The predicted octanol–water partition coefficient (Wildman–Crippen LogP) is 4.27. The van der Waals surface area contributed by atoms with Crippen molar-refractivity contribution in [2.24, 2.45) is 0 Å². The maximum atomic E-state index is 13.5. The van der Waals surface area contributed by atoms with Crippen LogP contribution in [0.1, 0.15) is 33.3 Å². The predicted molar refractivity (Wildman–Crippen MR) is 73.0 cm³/mol. The highest BCUT2D eigenvalue weighted by molar-refractivity contribution is 6.75. The molecule has 0 unspecified atom stereocenters. The van der Waals surface area contributed by atoms with Gasteiger partial charge in [0.15, 0.2) is 8.32 Å². The van der Waals surface area contributed by atoms with Crippen LogP contribution >= 0.6 is 0 Å². The molecule has 0 amide bonds. The van der Waals surface area contributed by atoms with E-state index in [1.54, 1.807) is 0 Å². The Bertz CT molecular complexity index is 397. The normalized spacial score (nSPS) is 12.5. The van der Waals surface area contributed by atoms with Crippen LogP contribution < -0.4 is 0 Å². The molecule has 0 aromatic heterocycles. The van der Waals surface area contributed by atoms with Crippen molar-refractivity contribution in [3.05, 3.63) is 35.4 Å². The largest absolute Gasteiger partial charge is 0.431 e. The minimum absolute atomic E-state index is 0.237. The van der Waals surface area contributed by atoms with Gasteiger partial charge >= 0.3 is 0 Å². The average Bonchev–Trinajstić information content (AvgIpc) is 2.26. The molecule has 1 aromatic rings. The lowest BCUT2D eigenvalue weighted by Gasteiger charge is -2.33. The molecule has 0 fully saturated rings. The highest BCUT2D eigenvalue weighted by Gasteiger charge is 2.37. The summed E-state index contributed by atoms with van der Waals surface area (Å²) in [6.45, 7) is 8.08. The molecule has 0 atom stereocenters. The smallest absolute Gasteiger partial charge is 0.193 e. The maximum absolute atomic E-state index is 13.5. The van der Waals surface area contributed by atoms with Gasteiger partial charge in [-0.15, -0.1) is 0 Å². The van der Waals surface area contributed by atoms with E-state index in [4.69, 9.17) is 0 Å². The van der Waals surface area contributed by atoms with Gasteiger partial charge in [-0.1, -0.05) is 33.8 Å². The molecular weight excluding hydrogens is 250 g/mol. The first-order valence-corrected chi connectivity index (χ1v) is 8.74. The van der Waals surface area contributed by atoms with Crippen molar-refractivity contribution in [3.8, 4) is 0 Å². The van der Waals surface area contributed by atoms with Gasteiger partial charge in [0, 0.05) is 6.07 Å². The number of aryl methyl sites for hydroxylation is 1. The molecule has 102 valence electrons. The van der Waals surface area contributed by atoms with Crippen molar-refractivity contribution < 1.29 is 13.6 Å². The van der Waals surface area contributed by atoms with E-state index in [9.17, 15) is 13.6 Å². The summed E-state index contributed by atoms with van der Waals surface area (Å²) in [7, 11) is -2.38. The lowest BCUT2D eigenvalue weighted by molar-refractivity contribution is 0.487. The van der Waals surface area contributed by atoms with Crippen molar-refractivity contribution in [3.63, 3.8) is 0 Å². The fourth-order valence-corrected chi connectivity index (χ4v) is 5.46. The Labute approximate surface area is 109 Å². The Morgan fingerprint density at radius 3 is 2.11 bits per heavy atom. The third-order valence-electron chi connectivity index (χ3n) is 3.81. The molecule has 4 heteroatoms. The number of rotatable bonds is 5. The summed E-state index contributed by atoms with van der Waals surface area (Å²) >= 11 is 0. The van der Waals surface area contributed by atoms with E-state index < -0.39 is 20.0 Å². The zero-order chi connectivity index (χ0) is 13.9. The van der Waals surface area contributed by atoms with E-state index >= 15 is 0 Å². The molecule has 0 saturated carbocycles. The maximum Gasteiger partial charge on any atom is 0.193 e. The van der Waals surface area contributed by atoms with Crippen LogP contribution in [0.2, 0.25) is 17.1 Å². The molecule has 1 nitrogen and oxygen atoms in total. The quantitative estimate of drug-likeness (QED) is 0.794. The van der Waals surface area contributed by atoms with Crippen molar-refractivity contribution in [1.82, 2.24) is 0 Å². The Balaban J connectivity index is 2.80. The van der Waals surface area contributed by atoms with Crippen molar-refractivity contribution in [2.45, 2.75) is 51.2 Å². The van der Waals surface area contributed by atoms with E-state index in [0.717, 1.165) is 6.07 Å². The topological polar surface area (TPSA) is 20.2 Å². The van der Waals surface area contributed by atoms with Gasteiger partial charge < -0.3 is 4.80 Å². The second-order valence-electron chi connectivity index (χ2n) is 5.54. The van der Waals surface area contributed by atoms with Crippen LogP contribution in [-0.2, 0) is 6.42 Å². The highest BCUT2D eigenvalue weighted by atomic mass is 28.4. The fourth-order valence-electron chi connectivity index (χ4n) is 2.30. The van der Waals surface area contributed by atoms with E-state index in [0.29, 0.717) is 18.0 Å². The molecule has 0 aliphatic rings. The third-order valence-corrected chi connectivity index (χ3v) is 8.86. The van der Waals surface area contributed by atoms with Crippen LogP contribution in [0.25, 0.3) is 0 Å². The first kappa shape index (κ1) is 15.3. The minimum Gasteiger partial charge on any atom is -0.431 e. The molecule has 0 spiro atoms. The Morgan fingerprint density at radius 1 is 1.11 bits per heavy atom. The SMILES string of the molecule is CC(C)[Si](O)(CCc1ccc(F)cc1F)C(C)C. The summed E-state index contributed by atoms with van der Waals surface area (Å²) in [6.07, 6.45) is 0.477. The fraction of sp³-hybridized carbons (Fsp3) is 0.571. The standard InChI is InChI=1S/C14H22F2OSi/c1-10(2)18(17,11(3)4)8-7-12-5-6-13(15)9-14(12)16/h5-6,9-11,17H,7-8H2,1-4H3. The molecule has 1 aromatic carbocycles. The van der Waals surface area contributed by atoms with Crippen LogP contribution in [0.15, 0.2) is 18.2 Å². The summed E-state index contributed by atoms with van der Waals surface area (Å²) in [6, 6.07) is 4.26. The molecule has 0 aliphatic carbocycles. The first-order valence-electron chi connectivity index (χ1n) is 6.43. The minimum atomic E-state index is -2.38. The number of halogens is 2. The number of hydrogen-bond donors (Lipinski definition) is 1.